The molecule has 1 aliphatic rings. The number of carbonyl (C=O) groups excluding carboxylic acids is 2. The molecule has 2 aromatic carbocycles. The highest BCUT2D eigenvalue weighted by molar-refractivity contribution is 6.05. The maximum absolute atomic E-state index is 13.5. The third-order valence-electron chi connectivity index (χ3n) is 4.71. The first-order valence-electron chi connectivity index (χ1n) is 8.92. The topological polar surface area (TPSA) is 76.0 Å². The van der Waals surface area contributed by atoms with Crippen LogP contribution in [0.1, 0.15) is 31.2 Å². The second-order valence-electron chi connectivity index (χ2n) is 6.60. The van der Waals surface area contributed by atoms with Gasteiger partial charge in [-0.3, -0.25) is 14.9 Å². The minimum atomic E-state index is -0.691. The van der Waals surface area contributed by atoms with Crippen LogP contribution in [0, 0.1) is 5.82 Å². The summed E-state index contributed by atoms with van der Waals surface area (Å²) in [6.45, 7) is 2.76. The molecule has 3 aromatic rings. The summed E-state index contributed by atoms with van der Waals surface area (Å²) in [4.78, 5) is 29.5. The molecule has 2 N–H and O–H groups in total. The van der Waals surface area contributed by atoms with Gasteiger partial charge in [0, 0.05) is 18.7 Å². The number of carbonyl (C=O) groups is 2. The Labute approximate surface area is 155 Å². The van der Waals surface area contributed by atoms with Gasteiger partial charge in [-0.05, 0) is 36.2 Å². The number of hydrogen-bond donors (Lipinski definition) is 2. The van der Waals surface area contributed by atoms with Gasteiger partial charge in [-0.15, -0.1) is 0 Å². The van der Waals surface area contributed by atoms with Crippen molar-refractivity contribution in [3.05, 3.63) is 53.8 Å². The Morgan fingerprint density at radius 3 is 2.96 bits per heavy atom. The van der Waals surface area contributed by atoms with E-state index in [-0.39, 0.29) is 18.2 Å². The van der Waals surface area contributed by atoms with E-state index in [0.29, 0.717) is 23.7 Å². The maximum atomic E-state index is 13.5. The molecule has 6 nitrogen and oxygen atoms in total. The Morgan fingerprint density at radius 2 is 2.15 bits per heavy atom. The first kappa shape index (κ1) is 17.2. The second kappa shape index (κ2) is 6.83. The standard InChI is InChI=1S/C20H19FN4O2/c1-2-9-25-17-6-4-3-5-15(17)23-20(25)24-19(27)14-11-18(26)22-16-10-12(21)7-8-13(14)16/h3-8,10,14H,2,9,11H2,1H3,(H,22,26)(H,23,24,27)/t14-/m1/s1. The van der Waals surface area contributed by atoms with Crippen molar-refractivity contribution in [3.8, 4) is 0 Å². The minimum Gasteiger partial charge on any atom is -0.326 e. The Morgan fingerprint density at radius 1 is 1.33 bits per heavy atom. The number of anilines is 2. The maximum Gasteiger partial charge on any atom is 0.234 e. The van der Waals surface area contributed by atoms with Crippen LogP contribution < -0.4 is 10.6 Å². The number of nitrogens with one attached hydrogen (secondary N) is 2. The molecule has 1 aromatic heterocycles. The summed E-state index contributed by atoms with van der Waals surface area (Å²) < 4.78 is 15.4. The van der Waals surface area contributed by atoms with E-state index in [9.17, 15) is 14.0 Å². The summed E-state index contributed by atoms with van der Waals surface area (Å²) in [6, 6.07) is 11.7. The molecule has 0 radical (unpaired) electrons. The van der Waals surface area contributed by atoms with Crippen LogP contribution in [0.2, 0.25) is 0 Å². The lowest BCUT2D eigenvalue weighted by Crippen LogP contribution is -2.31. The monoisotopic (exact) mass is 366 g/mol. The minimum absolute atomic E-state index is 0.0124. The van der Waals surface area contributed by atoms with Gasteiger partial charge in [0.1, 0.15) is 5.82 Å². The molecule has 1 atom stereocenters. The number of para-hydroxylation sites is 2. The van der Waals surface area contributed by atoms with Crippen molar-refractivity contribution in [2.24, 2.45) is 0 Å². The van der Waals surface area contributed by atoms with E-state index in [0.717, 1.165) is 17.5 Å². The zero-order valence-electron chi connectivity index (χ0n) is 14.8. The van der Waals surface area contributed by atoms with Gasteiger partial charge in [0.05, 0.1) is 17.0 Å². The van der Waals surface area contributed by atoms with Crippen molar-refractivity contribution in [2.75, 3.05) is 10.6 Å². The van der Waals surface area contributed by atoms with Gasteiger partial charge in [0.25, 0.3) is 0 Å². The number of halogens is 1. The number of imidazole rings is 1. The van der Waals surface area contributed by atoms with Gasteiger partial charge in [0.15, 0.2) is 0 Å². The summed E-state index contributed by atoms with van der Waals surface area (Å²) in [5.74, 6) is -1.33. The van der Waals surface area contributed by atoms with Crippen molar-refractivity contribution >= 4 is 34.5 Å². The van der Waals surface area contributed by atoms with Gasteiger partial charge in [-0.2, -0.15) is 0 Å². The smallest absolute Gasteiger partial charge is 0.234 e. The number of aryl methyl sites for hydroxylation is 1. The predicted molar refractivity (Wildman–Crippen MR) is 101 cm³/mol. The summed E-state index contributed by atoms with van der Waals surface area (Å²) in [5, 5.41) is 5.49. The molecule has 138 valence electrons. The molecule has 27 heavy (non-hydrogen) atoms. The summed E-state index contributed by atoms with van der Waals surface area (Å²) >= 11 is 0. The van der Waals surface area contributed by atoms with Crippen molar-refractivity contribution in [3.63, 3.8) is 0 Å². The van der Waals surface area contributed by atoms with Crippen LogP contribution in [-0.4, -0.2) is 21.4 Å². The largest absolute Gasteiger partial charge is 0.326 e. The van der Waals surface area contributed by atoms with Crippen molar-refractivity contribution in [2.45, 2.75) is 32.2 Å². The van der Waals surface area contributed by atoms with Crippen LogP contribution in [0.15, 0.2) is 42.5 Å². The van der Waals surface area contributed by atoms with E-state index in [4.69, 9.17) is 0 Å². The SMILES string of the molecule is CCCn1c(NC(=O)[C@@H]2CC(=O)Nc3cc(F)ccc32)nc2ccccc21. The number of aromatic nitrogens is 2. The van der Waals surface area contributed by atoms with Gasteiger partial charge < -0.3 is 9.88 Å². The molecular formula is C20H19FN4O2. The van der Waals surface area contributed by atoms with E-state index in [2.05, 4.69) is 22.5 Å². The van der Waals surface area contributed by atoms with E-state index < -0.39 is 11.7 Å². The second-order valence-corrected chi connectivity index (χ2v) is 6.60. The first-order chi connectivity index (χ1) is 13.1. The lowest BCUT2D eigenvalue weighted by molar-refractivity contribution is -0.123. The lowest BCUT2D eigenvalue weighted by Gasteiger charge is -2.24. The first-order valence-corrected chi connectivity index (χ1v) is 8.92. The molecular weight excluding hydrogens is 347 g/mol. The Hall–Kier alpha value is -3.22. The van der Waals surface area contributed by atoms with Crippen LogP contribution in [0.5, 0.6) is 0 Å². The van der Waals surface area contributed by atoms with Gasteiger partial charge in [0.2, 0.25) is 17.8 Å². The molecule has 1 aliphatic heterocycles. The average molecular weight is 366 g/mol. The van der Waals surface area contributed by atoms with Crippen LogP contribution in [-0.2, 0) is 16.1 Å². The summed E-state index contributed by atoms with van der Waals surface area (Å²) in [7, 11) is 0. The molecule has 2 amide bonds. The number of rotatable bonds is 4. The zero-order valence-corrected chi connectivity index (χ0v) is 14.8. The average Bonchev–Trinajstić information content (AvgIpc) is 2.98. The number of hydrogen-bond acceptors (Lipinski definition) is 3. The molecule has 0 saturated carbocycles. The molecule has 4 rings (SSSR count). The summed E-state index contributed by atoms with van der Waals surface area (Å²) in [5.41, 5.74) is 2.68. The highest BCUT2D eigenvalue weighted by atomic mass is 19.1. The number of nitrogens with zero attached hydrogens (tertiary/aromatic N) is 2. The van der Waals surface area contributed by atoms with Crippen LogP contribution in [0.3, 0.4) is 0 Å². The van der Waals surface area contributed by atoms with Gasteiger partial charge in [-0.1, -0.05) is 25.1 Å². The third kappa shape index (κ3) is 3.16. The predicted octanol–water partition coefficient (Wildman–Crippen LogP) is 3.65. The van der Waals surface area contributed by atoms with E-state index in [1.807, 2.05) is 28.8 Å². The number of amides is 2. The molecule has 0 fully saturated rings. The highest BCUT2D eigenvalue weighted by Gasteiger charge is 2.31. The third-order valence-corrected chi connectivity index (χ3v) is 4.71. The summed E-state index contributed by atoms with van der Waals surface area (Å²) in [6.07, 6.45) is 0.898. The molecule has 0 unspecified atom stereocenters. The molecule has 0 bridgehead atoms. The van der Waals surface area contributed by atoms with Crippen LogP contribution >= 0.6 is 0 Å². The normalized spacial score (nSPS) is 16.1. The fraction of sp³-hybridized carbons (Fsp3) is 0.250. The van der Waals surface area contributed by atoms with Crippen molar-refractivity contribution in [1.82, 2.24) is 9.55 Å². The zero-order chi connectivity index (χ0) is 19.0. The Balaban J connectivity index is 1.68. The molecule has 2 heterocycles. The molecule has 0 spiro atoms. The fourth-order valence-corrected chi connectivity index (χ4v) is 3.49. The van der Waals surface area contributed by atoms with Crippen molar-refractivity contribution in [1.29, 1.82) is 0 Å². The van der Waals surface area contributed by atoms with Crippen molar-refractivity contribution < 1.29 is 14.0 Å². The quantitative estimate of drug-likeness (QED) is 0.740. The number of fused-ring (bicyclic) bond motifs is 2. The molecule has 7 heteroatoms. The molecule has 0 aliphatic carbocycles. The van der Waals surface area contributed by atoms with Gasteiger partial charge in [-0.25, -0.2) is 9.37 Å². The Bertz CT molecular complexity index is 1040. The van der Waals surface area contributed by atoms with Crippen LogP contribution in [0.25, 0.3) is 11.0 Å². The fourth-order valence-electron chi connectivity index (χ4n) is 3.49. The lowest BCUT2D eigenvalue weighted by atomic mass is 9.90. The van der Waals surface area contributed by atoms with Crippen LogP contribution in [0.4, 0.5) is 16.0 Å². The van der Waals surface area contributed by atoms with Gasteiger partial charge >= 0.3 is 0 Å². The number of benzene rings is 2. The highest BCUT2D eigenvalue weighted by Crippen LogP contribution is 2.33. The van der Waals surface area contributed by atoms with E-state index in [1.54, 1.807) is 6.07 Å². The van der Waals surface area contributed by atoms with E-state index >= 15 is 0 Å². The van der Waals surface area contributed by atoms with E-state index in [1.165, 1.54) is 12.1 Å². The molecule has 0 saturated heterocycles. The Kier molecular flexibility index (Phi) is 4.35.